The molecule has 1 aromatic carbocycles. The first kappa shape index (κ1) is 13.4. The Labute approximate surface area is 113 Å². The van der Waals surface area contributed by atoms with Crippen LogP contribution < -0.4 is 10.6 Å². The van der Waals surface area contributed by atoms with Crippen LogP contribution in [-0.4, -0.2) is 23.5 Å². The van der Waals surface area contributed by atoms with Gasteiger partial charge in [-0.25, -0.2) is 0 Å². The Morgan fingerprint density at radius 2 is 2.17 bits per heavy atom. The molecule has 1 atom stereocenters. The molecule has 3 nitrogen and oxygen atoms in total. The van der Waals surface area contributed by atoms with Crippen LogP contribution in [0.5, 0.6) is 0 Å². The minimum Gasteiger partial charge on any atom is -0.326 e. The highest BCUT2D eigenvalue weighted by Gasteiger charge is 2.14. The molecule has 1 fully saturated rings. The van der Waals surface area contributed by atoms with E-state index < -0.39 is 0 Å². The van der Waals surface area contributed by atoms with Gasteiger partial charge in [0.1, 0.15) is 0 Å². The second-order valence-corrected chi connectivity index (χ2v) is 6.05. The van der Waals surface area contributed by atoms with E-state index in [0.29, 0.717) is 0 Å². The van der Waals surface area contributed by atoms with Gasteiger partial charge in [-0.2, -0.15) is 11.8 Å². The third kappa shape index (κ3) is 4.35. The van der Waals surface area contributed by atoms with Gasteiger partial charge in [0, 0.05) is 31.0 Å². The molecule has 1 amide bonds. The lowest BCUT2D eigenvalue weighted by Crippen LogP contribution is -2.22. The van der Waals surface area contributed by atoms with Crippen molar-refractivity contribution in [1.29, 1.82) is 0 Å². The minimum atomic E-state index is -0.0286. The van der Waals surface area contributed by atoms with Gasteiger partial charge in [-0.1, -0.05) is 12.1 Å². The standard InChI is InChI=1S/C14H20N2OS/c1-11(17)16-13-6-4-12(5-7-13)9-15-10-14-3-2-8-18-14/h4-7,14-15H,2-3,8-10H2,1H3,(H,16,17). The van der Waals surface area contributed by atoms with Crippen LogP contribution in [0.25, 0.3) is 0 Å². The van der Waals surface area contributed by atoms with Crippen molar-refractivity contribution >= 4 is 23.4 Å². The predicted octanol–water partition coefficient (Wildman–Crippen LogP) is 2.63. The van der Waals surface area contributed by atoms with E-state index in [1.165, 1.54) is 31.1 Å². The van der Waals surface area contributed by atoms with Crippen molar-refractivity contribution in [2.45, 2.75) is 31.6 Å². The van der Waals surface area contributed by atoms with E-state index in [9.17, 15) is 4.79 Å². The van der Waals surface area contributed by atoms with Crippen molar-refractivity contribution in [3.05, 3.63) is 29.8 Å². The molecule has 1 aliphatic heterocycles. The first-order valence-electron chi connectivity index (χ1n) is 6.43. The molecule has 1 aromatic rings. The lowest BCUT2D eigenvalue weighted by Gasteiger charge is -2.10. The number of carbonyl (C=O) groups is 1. The molecule has 4 heteroatoms. The zero-order valence-corrected chi connectivity index (χ0v) is 11.6. The van der Waals surface area contributed by atoms with E-state index in [0.717, 1.165) is 24.0 Å². The summed E-state index contributed by atoms with van der Waals surface area (Å²) in [5, 5.41) is 7.06. The van der Waals surface area contributed by atoms with E-state index in [1.54, 1.807) is 0 Å². The van der Waals surface area contributed by atoms with E-state index in [2.05, 4.69) is 34.5 Å². The molecule has 0 radical (unpaired) electrons. The van der Waals surface area contributed by atoms with Gasteiger partial charge in [0.2, 0.25) is 5.91 Å². The number of amides is 1. The van der Waals surface area contributed by atoms with Crippen LogP contribution in [0.15, 0.2) is 24.3 Å². The molecule has 18 heavy (non-hydrogen) atoms. The molecule has 1 heterocycles. The van der Waals surface area contributed by atoms with Crippen LogP contribution in [0, 0.1) is 0 Å². The van der Waals surface area contributed by atoms with E-state index in [-0.39, 0.29) is 5.91 Å². The second kappa shape index (κ2) is 6.81. The molecule has 2 N–H and O–H groups in total. The van der Waals surface area contributed by atoms with Crippen LogP contribution in [0.4, 0.5) is 5.69 Å². The molecule has 0 aliphatic carbocycles. The van der Waals surface area contributed by atoms with Crippen LogP contribution in [-0.2, 0) is 11.3 Å². The number of anilines is 1. The highest BCUT2D eigenvalue weighted by Crippen LogP contribution is 2.25. The average Bonchev–Trinajstić information content (AvgIpc) is 2.84. The van der Waals surface area contributed by atoms with Gasteiger partial charge in [-0.15, -0.1) is 0 Å². The van der Waals surface area contributed by atoms with E-state index in [1.807, 2.05) is 12.1 Å². The van der Waals surface area contributed by atoms with Crippen LogP contribution >= 0.6 is 11.8 Å². The van der Waals surface area contributed by atoms with Gasteiger partial charge in [-0.3, -0.25) is 4.79 Å². The van der Waals surface area contributed by atoms with Crippen LogP contribution in [0.3, 0.4) is 0 Å². The Kier molecular flexibility index (Phi) is 5.08. The first-order valence-corrected chi connectivity index (χ1v) is 7.48. The summed E-state index contributed by atoms with van der Waals surface area (Å²) in [6, 6.07) is 8.01. The maximum Gasteiger partial charge on any atom is 0.221 e. The second-order valence-electron chi connectivity index (χ2n) is 4.64. The Morgan fingerprint density at radius 1 is 1.39 bits per heavy atom. The number of nitrogens with one attached hydrogen (secondary N) is 2. The van der Waals surface area contributed by atoms with Crippen molar-refractivity contribution in [3.63, 3.8) is 0 Å². The fourth-order valence-electron chi connectivity index (χ4n) is 2.09. The van der Waals surface area contributed by atoms with E-state index >= 15 is 0 Å². The predicted molar refractivity (Wildman–Crippen MR) is 77.9 cm³/mol. The first-order chi connectivity index (χ1) is 8.74. The van der Waals surface area contributed by atoms with Crippen molar-refractivity contribution in [1.82, 2.24) is 5.32 Å². The fraction of sp³-hybridized carbons (Fsp3) is 0.500. The van der Waals surface area contributed by atoms with Gasteiger partial charge in [0.15, 0.2) is 0 Å². The normalized spacial score (nSPS) is 18.8. The monoisotopic (exact) mass is 264 g/mol. The SMILES string of the molecule is CC(=O)Nc1ccc(CNCC2CCCS2)cc1. The smallest absolute Gasteiger partial charge is 0.221 e. The van der Waals surface area contributed by atoms with Gasteiger partial charge >= 0.3 is 0 Å². The summed E-state index contributed by atoms with van der Waals surface area (Å²) in [6.07, 6.45) is 2.71. The zero-order chi connectivity index (χ0) is 12.8. The highest BCUT2D eigenvalue weighted by molar-refractivity contribution is 8.00. The number of hydrogen-bond donors (Lipinski definition) is 2. The maximum absolute atomic E-state index is 10.9. The Bertz CT molecular complexity index is 385. The number of thioether (sulfide) groups is 1. The molecule has 0 spiro atoms. The summed E-state index contributed by atoms with van der Waals surface area (Å²) in [5.41, 5.74) is 2.12. The van der Waals surface area contributed by atoms with Gasteiger partial charge in [0.05, 0.1) is 0 Å². The largest absolute Gasteiger partial charge is 0.326 e. The zero-order valence-electron chi connectivity index (χ0n) is 10.7. The summed E-state index contributed by atoms with van der Waals surface area (Å²) in [5.74, 6) is 1.29. The molecule has 1 saturated heterocycles. The van der Waals surface area contributed by atoms with Crippen molar-refractivity contribution in [3.8, 4) is 0 Å². The quantitative estimate of drug-likeness (QED) is 0.859. The molecule has 0 aromatic heterocycles. The summed E-state index contributed by atoms with van der Waals surface area (Å²) in [7, 11) is 0. The fourth-order valence-corrected chi connectivity index (χ4v) is 3.33. The average molecular weight is 264 g/mol. The molecular weight excluding hydrogens is 244 g/mol. The number of hydrogen-bond acceptors (Lipinski definition) is 3. The third-order valence-corrected chi connectivity index (χ3v) is 4.40. The van der Waals surface area contributed by atoms with Gasteiger partial charge in [0.25, 0.3) is 0 Å². The molecule has 1 aliphatic rings. The molecule has 98 valence electrons. The topological polar surface area (TPSA) is 41.1 Å². The number of carbonyl (C=O) groups excluding carboxylic acids is 1. The molecule has 2 rings (SSSR count). The summed E-state index contributed by atoms with van der Waals surface area (Å²) < 4.78 is 0. The lowest BCUT2D eigenvalue weighted by atomic mass is 10.2. The Hall–Kier alpha value is -1.00. The van der Waals surface area contributed by atoms with Crippen LogP contribution in [0.2, 0.25) is 0 Å². The van der Waals surface area contributed by atoms with Crippen molar-refractivity contribution in [2.24, 2.45) is 0 Å². The third-order valence-electron chi connectivity index (χ3n) is 3.00. The summed E-state index contributed by atoms with van der Waals surface area (Å²) in [4.78, 5) is 10.9. The highest BCUT2D eigenvalue weighted by atomic mass is 32.2. The number of benzene rings is 1. The number of rotatable bonds is 5. The Balaban J connectivity index is 1.73. The summed E-state index contributed by atoms with van der Waals surface area (Å²) in [6.45, 7) is 3.52. The van der Waals surface area contributed by atoms with Crippen LogP contribution in [0.1, 0.15) is 25.3 Å². The molecular formula is C14H20N2OS. The Morgan fingerprint density at radius 3 is 2.78 bits per heavy atom. The maximum atomic E-state index is 10.9. The van der Waals surface area contributed by atoms with Crippen molar-refractivity contribution < 1.29 is 4.79 Å². The van der Waals surface area contributed by atoms with Gasteiger partial charge < -0.3 is 10.6 Å². The summed E-state index contributed by atoms with van der Waals surface area (Å²) >= 11 is 2.08. The van der Waals surface area contributed by atoms with Crippen molar-refractivity contribution in [2.75, 3.05) is 17.6 Å². The molecule has 1 unspecified atom stereocenters. The molecule has 0 bridgehead atoms. The van der Waals surface area contributed by atoms with Gasteiger partial charge in [-0.05, 0) is 36.3 Å². The lowest BCUT2D eigenvalue weighted by molar-refractivity contribution is -0.114. The minimum absolute atomic E-state index is 0.0286. The van der Waals surface area contributed by atoms with E-state index in [4.69, 9.17) is 0 Å². The molecule has 0 saturated carbocycles.